The molecule has 3 heterocycles. The van der Waals surface area contributed by atoms with Gasteiger partial charge in [-0.15, -0.1) is 11.3 Å². The first-order valence-electron chi connectivity index (χ1n) is 13.5. The molecule has 3 aromatic carbocycles. The molecule has 5 aromatic rings. The SMILES string of the molecule is CS(=O)(=O)c1cccc(-c2csc(-c3cc(C(F)(F)F)nn3-c3ccccc3OCC3=NC(Cc4ccccc4)C=N3)c2)c1. The van der Waals surface area contributed by atoms with Crippen LogP contribution in [0, 0.1) is 0 Å². The minimum absolute atomic E-state index is 0.0291. The Hall–Kier alpha value is -4.55. The first kappa shape index (κ1) is 29.5. The molecule has 0 saturated carbocycles. The van der Waals surface area contributed by atoms with Crippen molar-refractivity contribution >= 4 is 33.2 Å². The molecular weight excluding hydrogens is 610 g/mol. The van der Waals surface area contributed by atoms with Crippen LogP contribution in [0.1, 0.15) is 11.3 Å². The number of thiophene rings is 1. The van der Waals surface area contributed by atoms with E-state index in [1.165, 1.54) is 22.1 Å². The minimum atomic E-state index is -4.68. The molecule has 1 aliphatic rings. The van der Waals surface area contributed by atoms with E-state index in [9.17, 15) is 21.6 Å². The van der Waals surface area contributed by atoms with Crippen molar-refractivity contribution in [2.24, 2.45) is 9.98 Å². The summed E-state index contributed by atoms with van der Waals surface area (Å²) < 4.78 is 73.1. The van der Waals surface area contributed by atoms with Crippen LogP contribution in [0.25, 0.3) is 27.4 Å². The Kier molecular flexibility index (Phi) is 7.95. The summed E-state index contributed by atoms with van der Waals surface area (Å²) in [4.78, 5) is 9.66. The maximum atomic E-state index is 13.9. The van der Waals surface area contributed by atoms with Gasteiger partial charge >= 0.3 is 6.18 Å². The number of hydrogen-bond donors (Lipinski definition) is 0. The lowest BCUT2D eigenvalue weighted by atomic mass is 10.1. The molecule has 0 N–H and O–H groups in total. The van der Waals surface area contributed by atoms with Gasteiger partial charge in [0.15, 0.2) is 21.4 Å². The highest BCUT2D eigenvalue weighted by Gasteiger charge is 2.36. The molecule has 6 rings (SSSR count). The summed E-state index contributed by atoms with van der Waals surface area (Å²) in [6, 6.07) is 25.7. The second-order valence-corrected chi connectivity index (χ2v) is 13.1. The molecular formula is C32H25F3N4O3S2. The van der Waals surface area contributed by atoms with Crippen LogP contribution in [0.3, 0.4) is 0 Å². The van der Waals surface area contributed by atoms with Crippen LogP contribution in [0.5, 0.6) is 5.75 Å². The predicted octanol–water partition coefficient (Wildman–Crippen LogP) is 7.16. The van der Waals surface area contributed by atoms with Gasteiger partial charge in [-0.2, -0.15) is 18.3 Å². The van der Waals surface area contributed by atoms with Gasteiger partial charge in [-0.05, 0) is 64.9 Å². The number of sulfone groups is 1. The third-order valence-electron chi connectivity index (χ3n) is 6.90. The van der Waals surface area contributed by atoms with E-state index in [4.69, 9.17) is 4.74 Å². The second-order valence-electron chi connectivity index (χ2n) is 10.2. The van der Waals surface area contributed by atoms with Crippen LogP contribution in [0.4, 0.5) is 13.2 Å². The standard InChI is InChI=1S/C32H25F3N4O3S2/c1-44(40,41)25-11-7-10-22(15-25)23-16-29(43-20-23)27-17-30(32(33,34)35)38-39(27)26-12-5-6-13-28(26)42-19-31-36-18-24(37-31)14-21-8-3-2-4-9-21/h2-13,15-18,20,24H,14,19H2,1H3. The summed E-state index contributed by atoms with van der Waals surface area (Å²) in [6.07, 6.45) is -1.10. The molecule has 224 valence electrons. The smallest absolute Gasteiger partial charge is 0.435 e. The van der Waals surface area contributed by atoms with Gasteiger partial charge in [0.25, 0.3) is 0 Å². The fourth-order valence-corrected chi connectivity index (χ4v) is 6.35. The molecule has 12 heteroatoms. The summed E-state index contributed by atoms with van der Waals surface area (Å²) in [7, 11) is -3.44. The number of amidine groups is 1. The molecule has 0 bridgehead atoms. The van der Waals surface area contributed by atoms with E-state index in [1.807, 2.05) is 30.3 Å². The maximum absolute atomic E-state index is 13.9. The average molecular weight is 635 g/mol. The summed E-state index contributed by atoms with van der Waals surface area (Å²) in [6.45, 7) is 0.0291. The molecule has 0 spiro atoms. The number of benzene rings is 3. The molecule has 0 fully saturated rings. The predicted molar refractivity (Wildman–Crippen MR) is 166 cm³/mol. The highest BCUT2D eigenvalue weighted by atomic mass is 32.2. The third kappa shape index (κ3) is 6.51. The van der Waals surface area contributed by atoms with Crippen molar-refractivity contribution in [3.63, 3.8) is 0 Å². The molecule has 7 nitrogen and oxygen atoms in total. The zero-order chi connectivity index (χ0) is 30.9. The Morgan fingerprint density at radius 3 is 2.48 bits per heavy atom. The van der Waals surface area contributed by atoms with Crippen molar-refractivity contribution in [1.82, 2.24) is 9.78 Å². The van der Waals surface area contributed by atoms with E-state index in [1.54, 1.807) is 60.1 Å². The van der Waals surface area contributed by atoms with Gasteiger partial charge in [-0.25, -0.2) is 18.1 Å². The minimum Gasteiger partial charge on any atom is -0.483 e. The molecule has 0 aliphatic carbocycles. The van der Waals surface area contributed by atoms with Crippen LogP contribution >= 0.6 is 11.3 Å². The van der Waals surface area contributed by atoms with Crippen molar-refractivity contribution in [3.8, 4) is 33.1 Å². The fraction of sp³-hybridized carbons (Fsp3) is 0.156. The topological polar surface area (TPSA) is 85.9 Å². The summed E-state index contributed by atoms with van der Waals surface area (Å²) in [5.74, 6) is 0.796. The lowest BCUT2D eigenvalue weighted by Gasteiger charge is -2.13. The van der Waals surface area contributed by atoms with E-state index in [-0.39, 0.29) is 23.2 Å². The normalized spacial score (nSPS) is 15.0. The summed E-state index contributed by atoms with van der Waals surface area (Å²) in [5.41, 5.74) is 1.91. The molecule has 1 aliphatic heterocycles. The maximum Gasteiger partial charge on any atom is 0.435 e. The molecule has 1 atom stereocenters. The Morgan fingerprint density at radius 2 is 1.70 bits per heavy atom. The number of alkyl halides is 3. The summed E-state index contributed by atoms with van der Waals surface area (Å²) >= 11 is 1.23. The van der Waals surface area contributed by atoms with Crippen LogP contribution in [0.15, 0.2) is 111 Å². The van der Waals surface area contributed by atoms with E-state index >= 15 is 0 Å². The Morgan fingerprint density at radius 1 is 0.932 bits per heavy atom. The van der Waals surface area contributed by atoms with E-state index < -0.39 is 21.7 Å². The number of halogens is 3. The molecule has 0 radical (unpaired) electrons. The van der Waals surface area contributed by atoms with Crippen LogP contribution < -0.4 is 4.74 Å². The first-order valence-corrected chi connectivity index (χ1v) is 16.3. The fourth-order valence-electron chi connectivity index (χ4n) is 4.76. The Labute approximate surface area is 255 Å². The number of aliphatic imine (C=N–C) groups is 2. The van der Waals surface area contributed by atoms with Crippen molar-refractivity contribution in [2.45, 2.75) is 23.5 Å². The van der Waals surface area contributed by atoms with Gasteiger partial charge in [0.1, 0.15) is 18.0 Å². The highest BCUT2D eigenvalue weighted by molar-refractivity contribution is 7.90. The molecule has 0 amide bonds. The van der Waals surface area contributed by atoms with E-state index in [0.717, 1.165) is 17.9 Å². The summed E-state index contributed by atoms with van der Waals surface area (Å²) in [5, 5.41) is 5.70. The lowest BCUT2D eigenvalue weighted by molar-refractivity contribution is -0.141. The molecule has 1 unspecified atom stereocenters. The van der Waals surface area contributed by atoms with E-state index in [0.29, 0.717) is 39.7 Å². The van der Waals surface area contributed by atoms with E-state index in [2.05, 4.69) is 15.1 Å². The third-order valence-corrected chi connectivity index (χ3v) is 8.96. The van der Waals surface area contributed by atoms with Gasteiger partial charge < -0.3 is 4.74 Å². The van der Waals surface area contributed by atoms with Crippen LogP contribution in [0.2, 0.25) is 0 Å². The van der Waals surface area contributed by atoms with Crippen LogP contribution in [-0.2, 0) is 22.4 Å². The number of para-hydroxylation sites is 2. The second kappa shape index (κ2) is 11.9. The van der Waals surface area contributed by atoms with Gasteiger partial charge in [-0.1, -0.05) is 54.6 Å². The van der Waals surface area contributed by atoms with Crippen molar-refractivity contribution < 1.29 is 26.3 Å². The Balaban J connectivity index is 1.30. The van der Waals surface area contributed by atoms with Crippen molar-refractivity contribution in [1.29, 1.82) is 0 Å². The van der Waals surface area contributed by atoms with Gasteiger partial charge in [0.05, 0.1) is 21.5 Å². The zero-order valence-electron chi connectivity index (χ0n) is 23.3. The Bertz CT molecular complexity index is 1980. The number of hydrogen-bond acceptors (Lipinski definition) is 7. The van der Waals surface area contributed by atoms with Gasteiger partial charge in [0.2, 0.25) is 0 Å². The molecule has 0 saturated heterocycles. The average Bonchev–Trinajstić information content (AvgIpc) is 3.76. The number of nitrogens with zero attached hydrogens (tertiary/aromatic N) is 4. The molecule has 44 heavy (non-hydrogen) atoms. The van der Waals surface area contributed by atoms with Gasteiger partial charge in [-0.3, -0.25) is 4.99 Å². The monoisotopic (exact) mass is 634 g/mol. The number of rotatable bonds is 9. The van der Waals surface area contributed by atoms with Crippen molar-refractivity contribution in [2.75, 3.05) is 12.9 Å². The van der Waals surface area contributed by atoms with Gasteiger partial charge in [0, 0.05) is 12.5 Å². The highest BCUT2D eigenvalue weighted by Crippen LogP contribution is 2.39. The number of aromatic nitrogens is 2. The number of ether oxygens (including phenoxy) is 1. The largest absolute Gasteiger partial charge is 0.483 e. The first-order chi connectivity index (χ1) is 21.0. The van der Waals surface area contributed by atoms with Crippen LogP contribution in [-0.4, -0.2) is 49.2 Å². The quantitative estimate of drug-likeness (QED) is 0.172. The zero-order valence-corrected chi connectivity index (χ0v) is 24.9. The lowest BCUT2D eigenvalue weighted by Crippen LogP contribution is -2.12. The van der Waals surface area contributed by atoms with Crippen molar-refractivity contribution in [3.05, 3.63) is 108 Å². The molecule has 2 aromatic heterocycles.